The first-order valence-electron chi connectivity index (χ1n) is 3.02. The minimum Gasteiger partial charge on any atom is -0.389 e. The molecule has 0 saturated heterocycles. The number of rotatable bonds is 4. The third kappa shape index (κ3) is 5.90. The van der Waals surface area contributed by atoms with Crippen LogP contribution in [-0.2, 0) is 4.74 Å². The Morgan fingerprint density at radius 2 is 2.40 bits per heavy atom. The van der Waals surface area contributed by atoms with Crippen molar-refractivity contribution in [1.29, 1.82) is 0 Å². The SMILES string of the molecule is CC#CCOCC(O)CCl. The number of ether oxygens (including phenoxy) is 1. The van der Waals surface area contributed by atoms with E-state index < -0.39 is 6.10 Å². The molecule has 0 aliphatic heterocycles. The van der Waals surface area contributed by atoms with Crippen molar-refractivity contribution in [3.8, 4) is 11.8 Å². The summed E-state index contributed by atoms with van der Waals surface area (Å²) in [5, 5.41) is 8.85. The summed E-state index contributed by atoms with van der Waals surface area (Å²) in [5.74, 6) is 5.58. The first kappa shape index (κ1) is 9.77. The number of alkyl halides is 1. The molecule has 0 saturated carbocycles. The van der Waals surface area contributed by atoms with Crippen LogP contribution in [0.2, 0.25) is 0 Å². The Hall–Kier alpha value is -0.230. The summed E-state index contributed by atoms with van der Waals surface area (Å²) in [5.41, 5.74) is 0. The summed E-state index contributed by atoms with van der Waals surface area (Å²) in [6.45, 7) is 2.37. The van der Waals surface area contributed by atoms with Crippen LogP contribution in [0.5, 0.6) is 0 Å². The van der Waals surface area contributed by atoms with Gasteiger partial charge in [0.25, 0.3) is 0 Å². The van der Waals surface area contributed by atoms with E-state index in [4.69, 9.17) is 21.4 Å². The van der Waals surface area contributed by atoms with Crippen molar-refractivity contribution < 1.29 is 9.84 Å². The predicted octanol–water partition coefficient (Wildman–Crippen LogP) is 0.626. The highest BCUT2D eigenvalue weighted by molar-refractivity contribution is 6.18. The highest BCUT2D eigenvalue weighted by Crippen LogP contribution is 1.87. The maximum absolute atomic E-state index is 8.85. The molecular formula is C7H11ClO2. The van der Waals surface area contributed by atoms with Gasteiger partial charge in [0.15, 0.2) is 0 Å². The van der Waals surface area contributed by atoms with E-state index in [1.54, 1.807) is 6.92 Å². The summed E-state index contributed by atoms with van der Waals surface area (Å²) < 4.78 is 4.92. The molecule has 0 amide bonds. The van der Waals surface area contributed by atoms with E-state index in [-0.39, 0.29) is 12.5 Å². The van der Waals surface area contributed by atoms with Crippen LogP contribution >= 0.6 is 11.6 Å². The fourth-order valence-electron chi connectivity index (χ4n) is 0.363. The Morgan fingerprint density at radius 3 is 2.90 bits per heavy atom. The van der Waals surface area contributed by atoms with Gasteiger partial charge in [-0.05, 0) is 6.92 Å². The topological polar surface area (TPSA) is 29.5 Å². The molecule has 1 atom stereocenters. The summed E-state index contributed by atoms with van der Waals surface area (Å²) >= 11 is 5.30. The molecular weight excluding hydrogens is 152 g/mol. The summed E-state index contributed by atoms with van der Waals surface area (Å²) in [7, 11) is 0. The van der Waals surface area contributed by atoms with Crippen LogP contribution in [0.25, 0.3) is 0 Å². The summed E-state index contributed by atoms with van der Waals surface area (Å²) in [4.78, 5) is 0. The Balaban J connectivity index is 3.08. The molecule has 0 radical (unpaired) electrons. The van der Waals surface area contributed by atoms with Crippen molar-refractivity contribution in [3.63, 3.8) is 0 Å². The second-order valence-electron chi connectivity index (χ2n) is 1.75. The summed E-state index contributed by atoms with van der Waals surface area (Å²) in [6, 6.07) is 0. The third-order valence-electron chi connectivity index (χ3n) is 0.839. The number of aliphatic hydroxyl groups is 1. The van der Waals surface area contributed by atoms with Gasteiger partial charge in [-0.15, -0.1) is 17.5 Å². The van der Waals surface area contributed by atoms with Crippen molar-refractivity contribution in [2.75, 3.05) is 19.1 Å². The van der Waals surface area contributed by atoms with Crippen LogP contribution in [-0.4, -0.2) is 30.3 Å². The van der Waals surface area contributed by atoms with E-state index in [1.165, 1.54) is 0 Å². The van der Waals surface area contributed by atoms with Crippen molar-refractivity contribution in [2.45, 2.75) is 13.0 Å². The smallest absolute Gasteiger partial charge is 0.107 e. The average molecular weight is 163 g/mol. The maximum atomic E-state index is 8.85. The molecule has 0 fully saturated rings. The van der Waals surface area contributed by atoms with E-state index in [1.807, 2.05) is 0 Å². The van der Waals surface area contributed by atoms with Gasteiger partial charge >= 0.3 is 0 Å². The van der Waals surface area contributed by atoms with Crippen molar-refractivity contribution in [1.82, 2.24) is 0 Å². The van der Waals surface area contributed by atoms with Gasteiger partial charge in [0.2, 0.25) is 0 Å². The van der Waals surface area contributed by atoms with Gasteiger partial charge in [0, 0.05) is 0 Å². The van der Waals surface area contributed by atoms with Crippen LogP contribution in [0.1, 0.15) is 6.92 Å². The lowest BCUT2D eigenvalue weighted by atomic mass is 10.4. The molecule has 58 valence electrons. The molecule has 0 bridgehead atoms. The van der Waals surface area contributed by atoms with E-state index >= 15 is 0 Å². The molecule has 10 heavy (non-hydrogen) atoms. The summed E-state index contributed by atoms with van der Waals surface area (Å²) in [6.07, 6.45) is -0.569. The molecule has 1 unspecified atom stereocenters. The van der Waals surface area contributed by atoms with Crippen LogP contribution in [0.4, 0.5) is 0 Å². The highest BCUT2D eigenvalue weighted by Gasteiger charge is 1.99. The number of aliphatic hydroxyl groups excluding tert-OH is 1. The quantitative estimate of drug-likeness (QED) is 0.373. The zero-order valence-electron chi connectivity index (χ0n) is 5.93. The highest BCUT2D eigenvalue weighted by atomic mass is 35.5. The Morgan fingerprint density at radius 1 is 1.70 bits per heavy atom. The molecule has 1 N–H and O–H groups in total. The van der Waals surface area contributed by atoms with Crippen molar-refractivity contribution in [3.05, 3.63) is 0 Å². The Labute approximate surface area is 66.1 Å². The minimum absolute atomic E-state index is 0.208. The first-order chi connectivity index (χ1) is 4.81. The molecule has 0 aromatic rings. The average Bonchev–Trinajstić information content (AvgIpc) is 1.98. The van der Waals surface area contributed by atoms with E-state index in [0.717, 1.165) is 0 Å². The molecule has 0 aromatic heterocycles. The molecule has 0 aliphatic carbocycles. The van der Waals surface area contributed by atoms with E-state index in [9.17, 15) is 0 Å². The van der Waals surface area contributed by atoms with Gasteiger partial charge in [-0.25, -0.2) is 0 Å². The molecule has 3 heteroatoms. The fourth-order valence-corrected chi connectivity index (χ4v) is 0.452. The Kier molecular flexibility index (Phi) is 6.73. The standard InChI is InChI=1S/C7H11ClO2/c1-2-3-4-10-6-7(9)5-8/h7,9H,4-6H2,1H3. The number of hydrogen-bond acceptors (Lipinski definition) is 2. The zero-order chi connectivity index (χ0) is 7.82. The third-order valence-corrected chi connectivity index (χ3v) is 1.20. The molecule has 0 spiro atoms. The van der Waals surface area contributed by atoms with Crippen LogP contribution in [0.3, 0.4) is 0 Å². The van der Waals surface area contributed by atoms with Gasteiger partial charge in [0.05, 0.1) is 18.6 Å². The van der Waals surface area contributed by atoms with Gasteiger partial charge in [-0.1, -0.05) is 5.92 Å². The van der Waals surface area contributed by atoms with Gasteiger partial charge in [-0.2, -0.15) is 0 Å². The Bertz CT molecular complexity index is 125. The largest absolute Gasteiger partial charge is 0.389 e. The van der Waals surface area contributed by atoms with Gasteiger partial charge < -0.3 is 9.84 Å². The fraction of sp³-hybridized carbons (Fsp3) is 0.714. The van der Waals surface area contributed by atoms with Crippen LogP contribution in [0, 0.1) is 11.8 Å². The minimum atomic E-state index is -0.569. The van der Waals surface area contributed by atoms with Crippen LogP contribution in [0.15, 0.2) is 0 Å². The molecule has 0 heterocycles. The predicted molar refractivity (Wildman–Crippen MR) is 41.0 cm³/mol. The maximum Gasteiger partial charge on any atom is 0.107 e. The van der Waals surface area contributed by atoms with E-state index in [2.05, 4.69) is 11.8 Å². The second kappa shape index (κ2) is 6.88. The molecule has 0 aliphatic rings. The lowest BCUT2D eigenvalue weighted by Crippen LogP contribution is -2.16. The number of halogens is 1. The molecule has 0 aromatic carbocycles. The lowest BCUT2D eigenvalue weighted by Gasteiger charge is -2.03. The normalized spacial score (nSPS) is 11.9. The van der Waals surface area contributed by atoms with Crippen molar-refractivity contribution >= 4 is 11.6 Å². The van der Waals surface area contributed by atoms with Crippen LogP contribution < -0.4 is 0 Å². The first-order valence-corrected chi connectivity index (χ1v) is 3.56. The van der Waals surface area contributed by atoms with Crippen molar-refractivity contribution in [2.24, 2.45) is 0 Å². The zero-order valence-corrected chi connectivity index (χ0v) is 6.69. The molecule has 0 rings (SSSR count). The van der Waals surface area contributed by atoms with Gasteiger partial charge in [-0.3, -0.25) is 0 Å². The lowest BCUT2D eigenvalue weighted by molar-refractivity contribution is 0.0640. The second-order valence-corrected chi connectivity index (χ2v) is 2.06. The van der Waals surface area contributed by atoms with E-state index in [0.29, 0.717) is 6.61 Å². The number of hydrogen-bond donors (Lipinski definition) is 1. The molecule has 2 nitrogen and oxygen atoms in total. The monoisotopic (exact) mass is 162 g/mol. The van der Waals surface area contributed by atoms with Gasteiger partial charge in [0.1, 0.15) is 6.61 Å².